The van der Waals surface area contributed by atoms with Crippen molar-refractivity contribution in [2.45, 2.75) is 45.3 Å². The Bertz CT molecular complexity index is 593. The minimum Gasteiger partial charge on any atom is -0.368 e. The van der Waals surface area contributed by atoms with E-state index in [1.807, 2.05) is 0 Å². The highest BCUT2D eigenvalue weighted by Gasteiger charge is 2.24. The average Bonchev–Trinajstić information content (AvgIpc) is 2.63. The summed E-state index contributed by atoms with van der Waals surface area (Å²) in [6, 6.07) is 17.4. The minimum absolute atomic E-state index is 0.0523. The number of hydrogen-bond acceptors (Lipinski definition) is 2. The van der Waals surface area contributed by atoms with Crippen molar-refractivity contribution < 1.29 is 9.47 Å². The van der Waals surface area contributed by atoms with Gasteiger partial charge in [0.15, 0.2) is 0 Å². The van der Waals surface area contributed by atoms with Crippen LogP contribution >= 0.6 is 0 Å². The maximum Gasteiger partial charge on any atom is 0.106 e. The molecule has 0 saturated carbocycles. The number of ether oxygens (including phenoxy) is 2. The molecule has 1 fully saturated rings. The number of rotatable bonds is 5. The zero-order valence-corrected chi connectivity index (χ0v) is 14.1. The predicted molar refractivity (Wildman–Crippen MR) is 93.6 cm³/mol. The highest BCUT2D eigenvalue weighted by molar-refractivity contribution is 5.26. The van der Waals surface area contributed by atoms with Crippen molar-refractivity contribution in [1.29, 1.82) is 0 Å². The van der Waals surface area contributed by atoms with E-state index in [-0.39, 0.29) is 12.2 Å². The van der Waals surface area contributed by atoms with Gasteiger partial charge in [0, 0.05) is 0 Å². The van der Waals surface area contributed by atoms with Crippen molar-refractivity contribution >= 4 is 0 Å². The van der Waals surface area contributed by atoms with E-state index in [4.69, 9.17) is 9.47 Å². The van der Waals surface area contributed by atoms with Crippen LogP contribution in [0.3, 0.4) is 0 Å². The Kier molecular flexibility index (Phi) is 5.47. The summed E-state index contributed by atoms with van der Waals surface area (Å²) < 4.78 is 12.1. The third-order valence-corrected chi connectivity index (χ3v) is 4.55. The molecule has 1 aliphatic heterocycles. The first kappa shape index (κ1) is 16.2. The predicted octanol–water partition coefficient (Wildman–Crippen LogP) is 5.03. The molecule has 2 atom stereocenters. The van der Waals surface area contributed by atoms with Gasteiger partial charge in [0.25, 0.3) is 0 Å². The topological polar surface area (TPSA) is 18.5 Å². The molecule has 0 radical (unpaired) electrons. The van der Waals surface area contributed by atoms with Gasteiger partial charge in [0.1, 0.15) is 12.2 Å². The van der Waals surface area contributed by atoms with E-state index in [2.05, 4.69) is 62.4 Å². The van der Waals surface area contributed by atoms with Gasteiger partial charge in [0.05, 0.1) is 13.2 Å². The number of benzene rings is 2. The van der Waals surface area contributed by atoms with E-state index in [1.54, 1.807) is 0 Å². The molecule has 1 aliphatic rings. The first-order valence-electron chi connectivity index (χ1n) is 8.71. The highest BCUT2D eigenvalue weighted by atomic mass is 16.6. The number of aryl methyl sites for hydroxylation is 2. The number of hydrogen-bond donors (Lipinski definition) is 0. The summed E-state index contributed by atoms with van der Waals surface area (Å²) >= 11 is 0. The molecule has 0 unspecified atom stereocenters. The Morgan fingerprint density at radius 1 is 0.739 bits per heavy atom. The van der Waals surface area contributed by atoms with Crippen molar-refractivity contribution in [3.8, 4) is 0 Å². The lowest BCUT2D eigenvalue weighted by atomic mass is 10.0. The molecule has 0 aliphatic carbocycles. The van der Waals surface area contributed by atoms with Crippen molar-refractivity contribution in [1.82, 2.24) is 0 Å². The second kappa shape index (κ2) is 7.76. The van der Waals surface area contributed by atoms with Crippen molar-refractivity contribution in [3.05, 3.63) is 70.8 Å². The summed E-state index contributed by atoms with van der Waals surface area (Å²) in [7, 11) is 0. The molecule has 0 N–H and O–H groups in total. The first-order valence-corrected chi connectivity index (χ1v) is 8.71. The van der Waals surface area contributed by atoms with E-state index in [0.29, 0.717) is 13.2 Å². The standard InChI is InChI=1S/C21H26O2/c1-3-5-17-8-12-19(13-9-17)21-15-22-20(14-23-21)18-10-6-16(4-2)7-11-18/h6-13,20-21H,3-5,14-15H2,1-2H3/t20-,21+/m1/s1. The molecule has 0 spiro atoms. The van der Waals surface area contributed by atoms with Crippen LogP contribution in [0.15, 0.2) is 48.5 Å². The third kappa shape index (κ3) is 4.01. The Morgan fingerprint density at radius 2 is 1.22 bits per heavy atom. The van der Waals surface area contributed by atoms with Crippen LogP contribution in [0.2, 0.25) is 0 Å². The van der Waals surface area contributed by atoms with Gasteiger partial charge in [-0.1, -0.05) is 68.8 Å². The maximum absolute atomic E-state index is 6.06. The molecule has 0 aromatic heterocycles. The van der Waals surface area contributed by atoms with Crippen molar-refractivity contribution in [3.63, 3.8) is 0 Å². The summed E-state index contributed by atoms with van der Waals surface area (Å²) in [6.45, 7) is 5.62. The Balaban J connectivity index is 1.59. The van der Waals surface area contributed by atoms with E-state index < -0.39 is 0 Å². The molecule has 2 aromatic rings. The Morgan fingerprint density at radius 3 is 1.61 bits per heavy atom. The molecule has 23 heavy (non-hydrogen) atoms. The fourth-order valence-electron chi connectivity index (χ4n) is 3.04. The lowest BCUT2D eigenvalue weighted by molar-refractivity contribution is -0.137. The van der Waals surface area contributed by atoms with Gasteiger partial charge < -0.3 is 9.47 Å². The van der Waals surface area contributed by atoms with Gasteiger partial charge in [-0.15, -0.1) is 0 Å². The van der Waals surface area contributed by atoms with Crippen LogP contribution in [-0.2, 0) is 22.3 Å². The quantitative estimate of drug-likeness (QED) is 0.771. The zero-order chi connectivity index (χ0) is 16.1. The summed E-state index contributed by atoms with van der Waals surface area (Å²) in [5.41, 5.74) is 5.17. The van der Waals surface area contributed by atoms with Gasteiger partial charge in [-0.25, -0.2) is 0 Å². The average molecular weight is 310 g/mol. The van der Waals surface area contributed by atoms with Gasteiger partial charge in [-0.05, 0) is 35.1 Å². The highest BCUT2D eigenvalue weighted by Crippen LogP contribution is 2.30. The molecule has 122 valence electrons. The second-order valence-corrected chi connectivity index (χ2v) is 6.23. The smallest absolute Gasteiger partial charge is 0.106 e. The summed E-state index contributed by atoms with van der Waals surface area (Å²) in [6.07, 6.45) is 3.49. The molecule has 2 aromatic carbocycles. The first-order chi connectivity index (χ1) is 11.3. The van der Waals surface area contributed by atoms with E-state index in [1.165, 1.54) is 28.7 Å². The van der Waals surface area contributed by atoms with Crippen molar-refractivity contribution in [2.75, 3.05) is 13.2 Å². The molecule has 2 heteroatoms. The summed E-state index contributed by atoms with van der Waals surface area (Å²) in [5, 5.41) is 0. The fourth-order valence-corrected chi connectivity index (χ4v) is 3.04. The third-order valence-electron chi connectivity index (χ3n) is 4.55. The van der Waals surface area contributed by atoms with E-state index >= 15 is 0 Å². The van der Waals surface area contributed by atoms with Crippen LogP contribution in [0.1, 0.15) is 54.7 Å². The minimum atomic E-state index is 0.0523. The molecular formula is C21H26O2. The lowest BCUT2D eigenvalue weighted by Crippen LogP contribution is -2.25. The second-order valence-electron chi connectivity index (χ2n) is 6.23. The monoisotopic (exact) mass is 310 g/mol. The molecule has 2 nitrogen and oxygen atoms in total. The van der Waals surface area contributed by atoms with Crippen LogP contribution in [0.25, 0.3) is 0 Å². The van der Waals surface area contributed by atoms with Crippen LogP contribution in [-0.4, -0.2) is 13.2 Å². The Hall–Kier alpha value is -1.64. The molecule has 0 amide bonds. The van der Waals surface area contributed by atoms with Gasteiger partial charge in [-0.3, -0.25) is 0 Å². The molecule has 0 bridgehead atoms. The maximum atomic E-state index is 6.06. The van der Waals surface area contributed by atoms with E-state index in [9.17, 15) is 0 Å². The van der Waals surface area contributed by atoms with E-state index in [0.717, 1.165) is 12.8 Å². The zero-order valence-electron chi connectivity index (χ0n) is 14.1. The largest absolute Gasteiger partial charge is 0.368 e. The molecule has 1 saturated heterocycles. The SMILES string of the molecule is CCCc1ccc([C@@H]2CO[C@@H](c3ccc(CC)cc3)CO2)cc1. The van der Waals surface area contributed by atoms with Crippen LogP contribution < -0.4 is 0 Å². The van der Waals surface area contributed by atoms with Crippen LogP contribution in [0.4, 0.5) is 0 Å². The molecule has 1 heterocycles. The normalized spacial score (nSPS) is 21.3. The van der Waals surface area contributed by atoms with Crippen molar-refractivity contribution in [2.24, 2.45) is 0 Å². The van der Waals surface area contributed by atoms with Crippen LogP contribution in [0, 0.1) is 0 Å². The fraction of sp³-hybridized carbons (Fsp3) is 0.429. The van der Waals surface area contributed by atoms with Crippen LogP contribution in [0.5, 0.6) is 0 Å². The molecular weight excluding hydrogens is 284 g/mol. The molecule has 3 rings (SSSR count). The lowest BCUT2D eigenvalue weighted by Gasteiger charge is -2.30. The van der Waals surface area contributed by atoms with Gasteiger partial charge in [0.2, 0.25) is 0 Å². The summed E-state index contributed by atoms with van der Waals surface area (Å²) in [4.78, 5) is 0. The summed E-state index contributed by atoms with van der Waals surface area (Å²) in [5.74, 6) is 0. The Labute approximate surface area is 139 Å². The van der Waals surface area contributed by atoms with Gasteiger partial charge >= 0.3 is 0 Å². The van der Waals surface area contributed by atoms with Gasteiger partial charge in [-0.2, -0.15) is 0 Å².